The molecule has 0 amide bonds. The van der Waals surface area contributed by atoms with E-state index >= 15 is 0 Å². The van der Waals surface area contributed by atoms with Crippen LogP contribution in [0, 0.1) is 6.07 Å². The van der Waals surface area contributed by atoms with Gasteiger partial charge in [0.15, 0.2) is 0 Å². The van der Waals surface area contributed by atoms with Crippen LogP contribution in [0.4, 0.5) is 0 Å². The second-order valence-electron chi connectivity index (χ2n) is 4.21. The molecule has 3 rings (SSSR count). The molecule has 1 heterocycles. The molecule has 0 spiro atoms. The molecule has 0 bridgehead atoms. The molecule has 3 aromatic rings. The quantitative estimate of drug-likeness (QED) is 0.775. The minimum absolute atomic E-state index is 0.106. The van der Waals surface area contributed by atoms with Gasteiger partial charge in [0.05, 0.1) is 10.4 Å². The van der Waals surface area contributed by atoms with Crippen LogP contribution in [0.2, 0.25) is 0 Å². The lowest BCUT2D eigenvalue weighted by molar-refractivity contribution is 0.597. The maximum atomic E-state index is 11.4. The molecule has 0 aliphatic rings. The third-order valence-corrected chi connectivity index (χ3v) is 3.87. The lowest BCUT2D eigenvalue weighted by atomic mass is 10.2. The highest BCUT2D eigenvalue weighted by atomic mass is 32.2. The van der Waals surface area contributed by atoms with Crippen molar-refractivity contribution in [2.45, 2.75) is 4.90 Å². The molecule has 0 saturated carbocycles. The molecule has 2 aromatic carbocycles. The molecule has 0 aliphatic heterocycles. The Balaban J connectivity index is 2.22. The molecular weight excluding hydrogens is 260 g/mol. The topological polar surface area (TPSA) is 65.1 Å². The Morgan fingerprint density at radius 1 is 1.16 bits per heavy atom. The number of nitrogens with zero attached hydrogens (tertiary/aromatic N) is 1. The maximum absolute atomic E-state index is 11.4. The first-order chi connectivity index (χ1) is 9.05. The molecule has 19 heavy (non-hydrogen) atoms. The Kier molecular flexibility index (Phi) is 2.66. The molecule has 4 nitrogen and oxygen atoms in total. The summed E-state index contributed by atoms with van der Waals surface area (Å²) in [6.07, 6.45) is 1.89. The van der Waals surface area contributed by atoms with E-state index in [0.29, 0.717) is 0 Å². The Bertz CT molecular complexity index is 851. The van der Waals surface area contributed by atoms with E-state index in [1.165, 1.54) is 6.07 Å². The van der Waals surface area contributed by atoms with E-state index in [4.69, 9.17) is 5.14 Å². The summed E-state index contributed by atoms with van der Waals surface area (Å²) < 4.78 is 24.7. The van der Waals surface area contributed by atoms with Crippen molar-refractivity contribution in [1.29, 1.82) is 0 Å². The first kappa shape index (κ1) is 12.0. The number of fused-ring (bicyclic) bond motifs is 1. The monoisotopic (exact) mass is 271 g/mol. The van der Waals surface area contributed by atoms with Gasteiger partial charge >= 0.3 is 0 Å². The van der Waals surface area contributed by atoms with Crippen LogP contribution in [0.5, 0.6) is 0 Å². The molecular formula is C14H11N2O2S. The maximum Gasteiger partial charge on any atom is 0.238 e. The van der Waals surface area contributed by atoms with Crippen LogP contribution in [-0.4, -0.2) is 13.0 Å². The third-order valence-electron chi connectivity index (χ3n) is 2.96. The standard InChI is InChI=1S/C14H11N2O2S/c15-19(17,18)13-6-3-5-12(10-13)16-9-8-11-4-1-2-7-14(11)16/h2-10H,(H2,15,17,18). The van der Waals surface area contributed by atoms with Gasteiger partial charge in [-0.05, 0) is 42.5 Å². The lowest BCUT2D eigenvalue weighted by Crippen LogP contribution is -2.12. The molecule has 5 heteroatoms. The van der Waals surface area contributed by atoms with Crippen molar-refractivity contribution in [2.24, 2.45) is 5.14 Å². The van der Waals surface area contributed by atoms with Crippen LogP contribution in [0.1, 0.15) is 0 Å². The molecule has 1 radical (unpaired) electrons. The van der Waals surface area contributed by atoms with Crippen molar-refractivity contribution in [2.75, 3.05) is 0 Å². The van der Waals surface area contributed by atoms with Gasteiger partial charge in [-0.2, -0.15) is 0 Å². The average Bonchev–Trinajstić information content (AvgIpc) is 2.82. The average molecular weight is 271 g/mol. The van der Waals surface area contributed by atoms with E-state index in [1.807, 2.05) is 41.1 Å². The molecule has 1 aromatic heterocycles. The number of hydrogen-bond donors (Lipinski definition) is 1. The summed E-state index contributed by atoms with van der Waals surface area (Å²) in [7, 11) is -3.69. The van der Waals surface area contributed by atoms with Crippen molar-refractivity contribution >= 4 is 20.9 Å². The second kappa shape index (κ2) is 4.22. The predicted octanol–water partition coefficient (Wildman–Crippen LogP) is 2.08. The highest BCUT2D eigenvalue weighted by Gasteiger charge is 2.09. The zero-order chi connectivity index (χ0) is 13.5. The van der Waals surface area contributed by atoms with Crippen LogP contribution in [-0.2, 0) is 10.0 Å². The van der Waals surface area contributed by atoms with E-state index in [0.717, 1.165) is 16.6 Å². The smallest absolute Gasteiger partial charge is 0.238 e. The number of benzene rings is 2. The summed E-state index contributed by atoms with van der Waals surface area (Å²) >= 11 is 0. The van der Waals surface area contributed by atoms with Gasteiger partial charge in [-0.15, -0.1) is 0 Å². The van der Waals surface area contributed by atoms with Gasteiger partial charge in [-0.1, -0.05) is 12.1 Å². The minimum atomic E-state index is -3.69. The summed E-state index contributed by atoms with van der Waals surface area (Å²) in [5, 5.41) is 6.19. The number of sulfonamides is 1. The predicted molar refractivity (Wildman–Crippen MR) is 73.5 cm³/mol. The van der Waals surface area contributed by atoms with Crippen molar-refractivity contribution < 1.29 is 8.42 Å². The fourth-order valence-electron chi connectivity index (χ4n) is 2.06. The Labute approximate surface area is 111 Å². The van der Waals surface area contributed by atoms with Crippen molar-refractivity contribution in [1.82, 2.24) is 4.57 Å². The zero-order valence-electron chi connectivity index (χ0n) is 9.95. The summed E-state index contributed by atoms with van der Waals surface area (Å²) in [5.41, 5.74) is 1.75. The summed E-state index contributed by atoms with van der Waals surface area (Å²) in [6, 6.07) is 17.2. The van der Waals surface area contributed by atoms with E-state index in [1.54, 1.807) is 12.1 Å². The zero-order valence-corrected chi connectivity index (χ0v) is 10.8. The van der Waals surface area contributed by atoms with E-state index in [2.05, 4.69) is 6.07 Å². The van der Waals surface area contributed by atoms with Gasteiger partial charge in [-0.25, -0.2) is 13.6 Å². The fraction of sp³-hybridized carbons (Fsp3) is 0. The van der Waals surface area contributed by atoms with Gasteiger partial charge < -0.3 is 4.57 Å². The molecule has 0 aliphatic carbocycles. The van der Waals surface area contributed by atoms with E-state index < -0.39 is 10.0 Å². The van der Waals surface area contributed by atoms with Crippen LogP contribution in [0.25, 0.3) is 16.6 Å². The Morgan fingerprint density at radius 3 is 2.79 bits per heavy atom. The third kappa shape index (κ3) is 2.14. The normalized spacial score (nSPS) is 11.8. The van der Waals surface area contributed by atoms with Crippen LogP contribution < -0.4 is 5.14 Å². The first-order valence-electron chi connectivity index (χ1n) is 5.66. The summed E-state index contributed by atoms with van der Waals surface area (Å²) in [5.74, 6) is 0. The number of rotatable bonds is 2. The van der Waals surface area contributed by atoms with Crippen LogP contribution in [0.3, 0.4) is 0 Å². The summed E-state index contributed by atoms with van der Waals surface area (Å²) in [4.78, 5) is 0.106. The molecule has 95 valence electrons. The van der Waals surface area contributed by atoms with Crippen LogP contribution >= 0.6 is 0 Å². The van der Waals surface area contributed by atoms with Crippen molar-refractivity contribution in [3.8, 4) is 5.69 Å². The SMILES string of the molecule is NS(=O)(=O)c1cccc(-n2ccc3c[c]ccc32)c1. The van der Waals surface area contributed by atoms with Gasteiger partial charge in [-0.3, -0.25) is 0 Å². The molecule has 2 N–H and O–H groups in total. The highest BCUT2D eigenvalue weighted by molar-refractivity contribution is 7.89. The van der Waals surface area contributed by atoms with E-state index in [-0.39, 0.29) is 4.90 Å². The number of primary sulfonamides is 1. The van der Waals surface area contributed by atoms with Gasteiger partial charge in [0.25, 0.3) is 0 Å². The number of aromatic nitrogens is 1. The molecule has 0 unspecified atom stereocenters. The van der Waals surface area contributed by atoms with Crippen molar-refractivity contribution in [3.05, 3.63) is 60.8 Å². The minimum Gasteiger partial charge on any atom is -0.317 e. The Hall–Kier alpha value is -2.11. The van der Waals surface area contributed by atoms with Crippen molar-refractivity contribution in [3.63, 3.8) is 0 Å². The lowest BCUT2D eigenvalue weighted by Gasteiger charge is -2.07. The largest absolute Gasteiger partial charge is 0.317 e. The highest BCUT2D eigenvalue weighted by Crippen LogP contribution is 2.21. The molecule has 0 fully saturated rings. The number of nitrogens with two attached hydrogens (primary N) is 1. The van der Waals surface area contributed by atoms with Gasteiger partial charge in [0.2, 0.25) is 10.0 Å². The summed E-state index contributed by atoms with van der Waals surface area (Å²) in [6.45, 7) is 0. The van der Waals surface area contributed by atoms with E-state index in [9.17, 15) is 8.42 Å². The number of hydrogen-bond acceptors (Lipinski definition) is 2. The Morgan fingerprint density at radius 2 is 2.00 bits per heavy atom. The molecule has 0 atom stereocenters. The first-order valence-corrected chi connectivity index (χ1v) is 7.21. The molecule has 0 saturated heterocycles. The van der Waals surface area contributed by atoms with Gasteiger partial charge in [0.1, 0.15) is 0 Å². The van der Waals surface area contributed by atoms with Gasteiger partial charge in [0, 0.05) is 17.3 Å². The van der Waals surface area contributed by atoms with Crippen LogP contribution in [0.15, 0.2) is 59.6 Å². The second-order valence-corrected chi connectivity index (χ2v) is 5.77. The fourth-order valence-corrected chi connectivity index (χ4v) is 2.61.